The van der Waals surface area contributed by atoms with Gasteiger partial charge in [-0.2, -0.15) is 0 Å². The van der Waals surface area contributed by atoms with Crippen molar-refractivity contribution in [2.24, 2.45) is 0 Å². The number of hydrogen-bond acceptors (Lipinski definition) is 2. The van der Waals surface area contributed by atoms with Crippen LogP contribution in [0, 0.1) is 0 Å². The van der Waals surface area contributed by atoms with Crippen LogP contribution in [0.4, 0.5) is 0 Å². The van der Waals surface area contributed by atoms with Gasteiger partial charge in [0, 0.05) is 5.70 Å². The summed E-state index contributed by atoms with van der Waals surface area (Å²) in [6, 6.07) is 0. The lowest BCUT2D eigenvalue weighted by atomic mass is 10.6. The molecule has 0 fully saturated rings. The molecule has 0 radical (unpaired) electrons. The molecule has 1 aliphatic rings. The van der Waals surface area contributed by atoms with Gasteiger partial charge in [0.2, 0.25) is 0 Å². The van der Waals surface area contributed by atoms with Gasteiger partial charge in [0.25, 0.3) is 0 Å². The molecule has 0 spiro atoms. The molecule has 0 saturated heterocycles. The quantitative estimate of drug-likeness (QED) is 0.453. The largest absolute Gasteiger partial charge is 0.574 e. The van der Waals surface area contributed by atoms with Crippen molar-refractivity contribution in [3.8, 4) is 0 Å². The molecule has 0 aromatic heterocycles. The van der Waals surface area contributed by atoms with E-state index in [4.69, 9.17) is 0 Å². The van der Waals surface area contributed by atoms with E-state index >= 15 is 0 Å². The zero-order valence-electron chi connectivity index (χ0n) is 4.38. The van der Waals surface area contributed by atoms with E-state index in [1.165, 1.54) is 0 Å². The van der Waals surface area contributed by atoms with E-state index in [2.05, 4.69) is 10.4 Å². The van der Waals surface area contributed by atoms with Crippen molar-refractivity contribution >= 4 is 0 Å². The summed E-state index contributed by atoms with van der Waals surface area (Å²) < 4.78 is 0. The summed E-state index contributed by atoms with van der Waals surface area (Å²) >= 11 is 0. The molecular weight excluding hydrogens is 92.1 g/mol. The minimum Gasteiger partial charge on any atom is -0.574 e. The molecule has 3 nitrogen and oxygen atoms in total. The molecule has 0 aliphatic carbocycles. The van der Waals surface area contributed by atoms with Crippen LogP contribution in [-0.2, 0) is 4.84 Å². The van der Waals surface area contributed by atoms with Crippen molar-refractivity contribution in [1.29, 1.82) is 0 Å². The third-order valence-electron chi connectivity index (χ3n) is 0.903. The van der Waals surface area contributed by atoms with Gasteiger partial charge in [0.05, 0.1) is 6.26 Å². The lowest BCUT2D eigenvalue weighted by Crippen LogP contribution is -2.02. The van der Waals surface area contributed by atoms with Crippen LogP contribution in [0.1, 0.15) is 6.92 Å². The fourth-order valence-electron chi connectivity index (χ4n) is 0.311. The first kappa shape index (κ1) is 4.46. The topological polar surface area (TPSA) is 26.6 Å². The normalized spacial score (nSPS) is 19.1. The standard InChI is InChI=1S/C4H7N2O/c1-4-3-7-5-6(4)2/h3H,1-2H3/q-1. The van der Waals surface area contributed by atoms with Gasteiger partial charge in [-0.05, 0) is 14.0 Å². The van der Waals surface area contributed by atoms with E-state index in [-0.39, 0.29) is 0 Å². The van der Waals surface area contributed by atoms with Crippen molar-refractivity contribution in [2.45, 2.75) is 6.92 Å². The van der Waals surface area contributed by atoms with Crippen LogP contribution in [0.3, 0.4) is 0 Å². The first-order chi connectivity index (χ1) is 3.30. The maximum Gasteiger partial charge on any atom is 0.0822 e. The zero-order valence-corrected chi connectivity index (χ0v) is 4.38. The highest BCUT2D eigenvalue weighted by atomic mass is 16.7. The highest BCUT2D eigenvalue weighted by molar-refractivity contribution is 4.99. The summed E-state index contributed by atoms with van der Waals surface area (Å²) in [5.74, 6) is 0. The van der Waals surface area contributed by atoms with E-state index in [0.717, 1.165) is 5.70 Å². The molecule has 0 aromatic carbocycles. The molecule has 1 rings (SSSR count). The van der Waals surface area contributed by atoms with Gasteiger partial charge < -0.3 is 15.4 Å². The smallest absolute Gasteiger partial charge is 0.0822 e. The van der Waals surface area contributed by atoms with Crippen molar-refractivity contribution < 1.29 is 4.84 Å². The van der Waals surface area contributed by atoms with Crippen LogP contribution in [0.25, 0.3) is 5.59 Å². The van der Waals surface area contributed by atoms with Crippen LogP contribution in [0.2, 0.25) is 0 Å². The number of nitrogens with zero attached hydrogens (tertiary/aromatic N) is 2. The van der Waals surface area contributed by atoms with Gasteiger partial charge in [-0.25, -0.2) is 0 Å². The molecule has 1 heterocycles. The Morgan fingerprint density at radius 3 is 2.71 bits per heavy atom. The van der Waals surface area contributed by atoms with Crippen molar-refractivity contribution in [2.75, 3.05) is 7.05 Å². The minimum absolute atomic E-state index is 1.03. The molecule has 0 amide bonds. The van der Waals surface area contributed by atoms with Crippen molar-refractivity contribution in [1.82, 2.24) is 5.01 Å². The maximum absolute atomic E-state index is 4.56. The average molecular weight is 99.1 g/mol. The third-order valence-corrected chi connectivity index (χ3v) is 0.903. The van der Waals surface area contributed by atoms with Crippen LogP contribution >= 0.6 is 0 Å². The van der Waals surface area contributed by atoms with E-state index in [1.54, 1.807) is 11.3 Å². The third kappa shape index (κ3) is 0.667. The minimum atomic E-state index is 1.03. The van der Waals surface area contributed by atoms with E-state index in [9.17, 15) is 0 Å². The molecule has 40 valence electrons. The molecule has 0 atom stereocenters. The predicted octanol–water partition coefficient (Wildman–Crippen LogP) is 1.01. The van der Waals surface area contributed by atoms with Crippen molar-refractivity contribution in [3.63, 3.8) is 0 Å². The number of hydrogen-bond donors (Lipinski definition) is 0. The zero-order chi connectivity index (χ0) is 5.28. The van der Waals surface area contributed by atoms with Crippen LogP contribution in [0.15, 0.2) is 12.0 Å². The summed E-state index contributed by atoms with van der Waals surface area (Å²) in [7, 11) is 1.83. The first-order valence-corrected chi connectivity index (χ1v) is 2.08. The van der Waals surface area contributed by atoms with E-state index < -0.39 is 0 Å². The molecule has 0 unspecified atom stereocenters. The molecule has 0 N–H and O–H groups in total. The van der Waals surface area contributed by atoms with Gasteiger partial charge in [-0.3, -0.25) is 0 Å². The Morgan fingerprint density at radius 1 is 1.86 bits per heavy atom. The number of rotatable bonds is 0. The second-order valence-electron chi connectivity index (χ2n) is 1.47. The molecule has 0 saturated carbocycles. The van der Waals surface area contributed by atoms with Crippen molar-refractivity contribution in [3.05, 3.63) is 17.5 Å². The second-order valence-corrected chi connectivity index (χ2v) is 1.47. The van der Waals surface area contributed by atoms with Gasteiger partial charge in [0.1, 0.15) is 0 Å². The Kier molecular flexibility index (Phi) is 0.906. The average Bonchev–Trinajstić information content (AvgIpc) is 1.91. The Bertz CT molecular complexity index is 99.9. The maximum atomic E-state index is 4.56. The predicted molar refractivity (Wildman–Crippen MR) is 26.0 cm³/mol. The molecule has 7 heavy (non-hydrogen) atoms. The van der Waals surface area contributed by atoms with Gasteiger partial charge in [0.15, 0.2) is 0 Å². The molecule has 3 heteroatoms. The first-order valence-electron chi connectivity index (χ1n) is 2.08. The lowest BCUT2D eigenvalue weighted by molar-refractivity contribution is 0.294. The Labute approximate surface area is 42.5 Å². The fourth-order valence-corrected chi connectivity index (χ4v) is 0.311. The van der Waals surface area contributed by atoms with E-state index in [0.29, 0.717) is 0 Å². The van der Waals surface area contributed by atoms with E-state index in [1.807, 2.05) is 14.0 Å². The SMILES string of the molecule is CC1=CO[N-]N1C. The highest BCUT2D eigenvalue weighted by Gasteiger charge is 1.91. The Morgan fingerprint density at radius 2 is 2.57 bits per heavy atom. The molecule has 0 aromatic rings. The Hall–Kier alpha value is -0.700. The van der Waals surface area contributed by atoms with Gasteiger partial charge in [-0.1, -0.05) is 0 Å². The van der Waals surface area contributed by atoms with Gasteiger partial charge >= 0.3 is 0 Å². The summed E-state index contributed by atoms with van der Waals surface area (Å²) in [6.07, 6.45) is 1.60. The van der Waals surface area contributed by atoms with Crippen LogP contribution in [0.5, 0.6) is 0 Å². The van der Waals surface area contributed by atoms with Gasteiger partial charge in [-0.15, -0.1) is 0 Å². The summed E-state index contributed by atoms with van der Waals surface area (Å²) in [5, 5.41) is 1.67. The number of allylic oxidation sites excluding steroid dienone is 1. The van der Waals surface area contributed by atoms with Crippen LogP contribution in [-0.4, -0.2) is 12.1 Å². The molecule has 1 aliphatic heterocycles. The molecule has 0 bridgehead atoms. The summed E-state index contributed by atoms with van der Waals surface area (Å²) in [6.45, 7) is 1.93. The van der Waals surface area contributed by atoms with Crippen LogP contribution < -0.4 is 0 Å². The molecular formula is C4H7N2O-. The summed E-state index contributed by atoms with van der Waals surface area (Å²) in [4.78, 5) is 4.56. The Balaban J connectivity index is 2.54. The lowest BCUT2D eigenvalue weighted by Gasteiger charge is -2.24. The second kappa shape index (κ2) is 1.42. The fraction of sp³-hybridized carbons (Fsp3) is 0.500. The highest BCUT2D eigenvalue weighted by Crippen LogP contribution is 2.14. The summed E-state index contributed by atoms with van der Waals surface area (Å²) in [5.41, 5.74) is 4.59. The monoisotopic (exact) mass is 99.1 g/mol.